The Kier molecular flexibility index (Phi) is 5.52. The number of piperidine rings is 1. The molecule has 33 heavy (non-hydrogen) atoms. The lowest BCUT2D eigenvalue weighted by Gasteiger charge is -2.31. The summed E-state index contributed by atoms with van der Waals surface area (Å²) in [6.07, 6.45) is 2.07. The topological polar surface area (TPSA) is 91.6 Å². The zero-order valence-electron chi connectivity index (χ0n) is 19.3. The number of likely N-dealkylation sites (tertiary alicyclic amines) is 2. The number of amides is 2. The fourth-order valence-corrected chi connectivity index (χ4v) is 4.83. The van der Waals surface area contributed by atoms with Gasteiger partial charge in [0.15, 0.2) is 5.76 Å². The van der Waals surface area contributed by atoms with Gasteiger partial charge in [0, 0.05) is 63.4 Å². The van der Waals surface area contributed by atoms with Crippen molar-refractivity contribution >= 4 is 28.6 Å². The Morgan fingerprint density at radius 2 is 1.91 bits per heavy atom. The van der Waals surface area contributed by atoms with E-state index in [-0.39, 0.29) is 23.7 Å². The van der Waals surface area contributed by atoms with Gasteiger partial charge in [-0.1, -0.05) is 11.6 Å². The number of likely N-dealkylation sites (N-methyl/N-ethyl adjacent to an activating group) is 1. The van der Waals surface area contributed by atoms with E-state index >= 15 is 0 Å². The quantitative estimate of drug-likeness (QED) is 0.658. The van der Waals surface area contributed by atoms with E-state index in [1.54, 1.807) is 4.90 Å². The lowest BCUT2D eigenvalue weighted by molar-refractivity contribution is -0.126. The molecule has 0 unspecified atom stereocenters. The number of fused-ring (bicyclic) bond motifs is 1. The molecule has 0 bridgehead atoms. The second kappa shape index (κ2) is 8.50. The molecule has 0 spiro atoms. The fraction of sp³-hybridized carbons (Fsp3) is 0.440. The van der Waals surface area contributed by atoms with Crippen LogP contribution in [0.15, 0.2) is 34.7 Å². The first kappa shape index (κ1) is 21.4. The number of carbonyl (C=O) groups is 2. The number of rotatable bonds is 4. The summed E-state index contributed by atoms with van der Waals surface area (Å²) in [6, 6.07) is 9.71. The zero-order valence-corrected chi connectivity index (χ0v) is 19.3. The number of carbonyl (C=O) groups excluding carboxylic acids is 2. The van der Waals surface area contributed by atoms with Gasteiger partial charge in [0.1, 0.15) is 17.2 Å². The molecule has 0 aliphatic carbocycles. The van der Waals surface area contributed by atoms with Crippen molar-refractivity contribution in [2.75, 3.05) is 39.0 Å². The fourth-order valence-electron chi connectivity index (χ4n) is 4.83. The Bertz CT molecular complexity index is 1210. The molecular formula is C25H29N5O3. The molecule has 2 saturated heterocycles. The van der Waals surface area contributed by atoms with Gasteiger partial charge in [0.2, 0.25) is 5.91 Å². The van der Waals surface area contributed by atoms with Crippen LogP contribution in [0.2, 0.25) is 0 Å². The van der Waals surface area contributed by atoms with E-state index < -0.39 is 0 Å². The van der Waals surface area contributed by atoms with E-state index in [1.165, 1.54) is 0 Å². The minimum atomic E-state index is -0.0691. The summed E-state index contributed by atoms with van der Waals surface area (Å²) in [5.74, 6) is 2.31. The van der Waals surface area contributed by atoms with Gasteiger partial charge >= 0.3 is 0 Å². The number of furan rings is 1. The third-order valence-electron chi connectivity index (χ3n) is 6.81. The van der Waals surface area contributed by atoms with Gasteiger partial charge in [-0.25, -0.2) is 9.97 Å². The molecule has 172 valence electrons. The Balaban J connectivity index is 1.29. The predicted octanol–water partition coefficient (Wildman–Crippen LogP) is 3.54. The molecular weight excluding hydrogens is 418 g/mol. The second-order valence-electron chi connectivity index (χ2n) is 9.18. The molecule has 0 radical (unpaired) electrons. The van der Waals surface area contributed by atoms with Crippen LogP contribution in [-0.2, 0) is 4.79 Å². The molecule has 3 aromatic rings. The Labute approximate surface area is 193 Å². The van der Waals surface area contributed by atoms with Gasteiger partial charge in [-0.05, 0) is 38.0 Å². The molecule has 1 aromatic carbocycles. The maximum Gasteiger partial charge on any atom is 0.289 e. The van der Waals surface area contributed by atoms with E-state index in [0.29, 0.717) is 31.8 Å². The normalized spacial score (nSPS) is 19.5. The molecule has 0 saturated carbocycles. The molecule has 4 heterocycles. The first-order valence-electron chi connectivity index (χ1n) is 11.5. The van der Waals surface area contributed by atoms with E-state index in [1.807, 2.05) is 56.3 Å². The van der Waals surface area contributed by atoms with Gasteiger partial charge in [-0.2, -0.15) is 0 Å². The van der Waals surface area contributed by atoms with Crippen molar-refractivity contribution in [2.24, 2.45) is 0 Å². The largest absolute Gasteiger partial charge is 0.451 e. The molecule has 8 heteroatoms. The van der Waals surface area contributed by atoms with Crippen molar-refractivity contribution in [1.29, 1.82) is 0 Å². The average molecular weight is 448 g/mol. The number of hydrogen-bond donors (Lipinski definition) is 1. The van der Waals surface area contributed by atoms with Crippen LogP contribution in [0.25, 0.3) is 11.0 Å². The number of aromatic nitrogens is 2. The number of nitrogens with one attached hydrogen (secondary N) is 1. The summed E-state index contributed by atoms with van der Waals surface area (Å²) in [5, 5.41) is 4.08. The number of anilines is 1. The maximum atomic E-state index is 13.0. The highest BCUT2D eigenvalue weighted by Gasteiger charge is 2.32. The van der Waals surface area contributed by atoms with Gasteiger partial charge in [0.25, 0.3) is 5.91 Å². The maximum absolute atomic E-state index is 13.0. The highest BCUT2D eigenvalue weighted by molar-refractivity contribution is 5.96. The second-order valence-corrected chi connectivity index (χ2v) is 9.18. The van der Waals surface area contributed by atoms with Gasteiger partial charge in [-0.15, -0.1) is 0 Å². The third-order valence-corrected chi connectivity index (χ3v) is 6.81. The van der Waals surface area contributed by atoms with Crippen molar-refractivity contribution in [3.05, 3.63) is 53.2 Å². The Morgan fingerprint density at radius 3 is 2.61 bits per heavy atom. The lowest BCUT2D eigenvalue weighted by Crippen LogP contribution is -2.38. The highest BCUT2D eigenvalue weighted by atomic mass is 16.3. The minimum absolute atomic E-state index is 0.0691. The SMILES string of the molecule is CNc1cc([C@H]2CC(=O)N(C)C2)nc(C2CCN(C(=O)c3cc4cc(C)ccc4o3)CC2)n1. The smallest absolute Gasteiger partial charge is 0.289 e. The molecule has 2 aliphatic rings. The molecule has 2 amide bonds. The number of nitrogens with zero attached hydrogens (tertiary/aromatic N) is 4. The van der Waals surface area contributed by atoms with Crippen LogP contribution < -0.4 is 5.32 Å². The van der Waals surface area contributed by atoms with E-state index in [9.17, 15) is 9.59 Å². The van der Waals surface area contributed by atoms with Crippen LogP contribution in [0.5, 0.6) is 0 Å². The van der Waals surface area contributed by atoms with Crippen molar-refractivity contribution in [3.63, 3.8) is 0 Å². The van der Waals surface area contributed by atoms with E-state index in [2.05, 4.69) is 5.32 Å². The van der Waals surface area contributed by atoms with Crippen molar-refractivity contribution in [1.82, 2.24) is 19.8 Å². The molecule has 8 nitrogen and oxygen atoms in total. The van der Waals surface area contributed by atoms with Crippen LogP contribution in [0, 0.1) is 6.92 Å². The first-order valence-corrected chi connectivity index (χ1v) is 11.5. The average Bonchev–Trinajstić information content (AvgIpc) is 3.40. The summed E-state index contributed by atoms with van der Waals surface area (Å²) in [7, 11) is 3.68. The van der Waals surface area contributed by atoms with Crippen LogP contribution in [0.4, 0.5) is 5.82 Å². The van der Waals surface area contributed by atoms with Crippen molar-refractivity contribution < 1.29 is 14.0 Å². The summed E-state index contributed by atoms with van der Waals surface area (Å²) < 4.78 is 5.81. The van der Waals surface area contributed by atoms with Gasteiger partial charge in [-0.3, -0.25) is 9.59 Å². The molecule has 2 aliphatic heterocycles. The Hall–Kier alpha value is -3.42. The predicted molar refractivity (Wildman–Crippen MR) is 125 cm³/mol. The highest BCUT2D eigenvalue weighted by Crippen LogP contribution is 2.32. The van der Waals surface area contributed by atoms with Gasteiger partial charge in [0.05, 0.1) is 5.69 Å². The van der Waals surface area contributed by atoms with Crippen LogP contribution in [0.1, 0.15) is 58.7 Å². The van der Waals surface area contributed by atoms with Crippen LogP contribution in [-0.4, -0.2) is 65.3 Å². The van der Waals surface area contributed by atoms with Crippen molar-refractivity contribution in [3.8, 4) is 0 Å². The summed E-state index contributed by atoms with van der Waals surface area (Å²) in [6.45, 7) is 3.97. The van der Waals surface area contributed by atoms with E-state index in [4.69, 9.17) is 14.4 Å². The molecule has 5 rings (SSSR count). The minimum Gasteiger partial charge on any atom is -0.451 e. The molecule has 1 N–H and O–H groups in total. The van der Waals surface area contributed by atoms with E-state index in [0.717, 1.165) is 46.7 Å². The zero-order chi connectivity index (χ0) is 23.1. The van der Waals surface area contributed by atoms with Crippen molar-refractivity contribution in [2.45, 2.75) is 38.0 Å². The summed E-state index contributed by atoms with van der Waals surface area (Å²) in [5.41, 5.74) is 2.79. The number of aryl methyl sites for hydroxylation is 1. The van der Waals surface area contributed by atoms with Gasteiger partial charge < -0.3 is 19.5 Å². The lowest BCUT2D eigenvalue weighted by atomic mass is 9.95. The van der Waals surface area contributed by atoms with Crippen LogP contribution in [0.3, 0.4) is 0 Å². The Morgan fingerprint density at radius 1 is 1.12 bits per heavy atom. The number of hydrogen-bond acceptors (Lipinski definition) is 6. The number of benzene rings is 1. The summed E-state index contributed by atoms with van der Waals surface area (Å²) >= 11 is 0. The third kappa shape index (κ3) is 4.17. The standard InChI is InChI=1S/C25H29N5O3/c1-15-4-5-20-17(10-15)11-21(33-20)25(32)30-8-6-16(7-9-30)24-27-19(13-22(26-2)28-24)18-12-23(31)29(3)14-18/h4-5,10-11,13,16,18H,6-9,12,14H2,1-3H3,(H,26,27,28)/t18-/m0/s1. The molecule has 1 atom stereocenters. The van der Waals surface area contributed by atoms with Crippen LogP contribution >= 0.6 is 0 Å². The first-order chi connectivity index (χ1) is 15.9. The molecule has 2 fully saturated rings. The molecule has 2 aromatic heterocycles. The summed E-state index contributed by atoms with van der Waals surface area (Å²) in [4.78, 5) is 38.2. The monoisotopic (exact) mass is 447 g/mol.